The zero-order valence-corrected chi connectivity index (χ0v) is 11.0. The Labute approximate surface area is 91.8 Å². The van der Waals surface area contributed by atoms with Crippen LogP contribution in [0.4, 0.5) is 0 Å². The molecule has 0 saturated carbocycles. The molecule has 0 saturated heterocycles. The van der Waals surface area contributed by atoms with E-state index >= 15 is 0 Å². The first-order chi connectivity index (χ1) is 4.61. The molecule has 54 valence electrons. The Hall–Kier alpha value is 1.33. The van der Waals surface area contributed by atoms with E-state index in [4.69, 9.17) is 11.8 Å². The molecular weight excluding hydrogens is 389 g/mol. The van der Waals surface area contributed by atoms with E-state index in [1.165, 1.54) is 5.30 Å². The average Bonchev–Trinajstić information content (AvgIpc) is 1.88. The number of rotatable bonds is 1. The highest BCUT2D eigenvalue weighted by Crippen LogP contribution is 2.61. The molecule has 0 amide bonds. The van der Waals surface area contributed by atoms with Crippen molar-refractivity contribution in [2.45, 2.75) is 0 Å². The van der Waals surface area contributed by atoms with Crippen molar-refractivity contribution in [1.82, 2.24) is 0 Å². The highest BCUT2D eigenvalue weighted by Gasteiger charge is 2.07. The molecule has 0 unspecified atom stereocenters. The molecule has 10 heavy (non-hydrogen) atoms. The molecule has 0 aliphatic rings. The Morgan fingerprint density at radius 1 is 1.10 bits per heavy atom. The molecule has 4 heteroatoms. The lowest BCUT2D eigenvalue weighted by Crippen LogP contribution is -1.92. The predicted molar refractivity (Wildman–Crippen MR) is 68.4 cm³/mol. The Kier molecular flexibility index (Phi) is 3.60. The highest BCUT2D eigenvalue weighted by molar-refractivity contribution is 14.3. The van der Waals surface area contributed by atoms with E-state index in [0.717, 1.165) is 0 Å². The molecule has 0 atom stereocenters. The molecule has 0 N–H and O–H groups in total. The van der Waals surface area contributed by atoms with Gasteiger partial charge in [0.25, 0.3) is 0 Å². The van der Waals surface area contributed by atoms with Crippen molar-refractivity contribution in [1.29, 1.82) is 0 Å². The standard InChI is InChI=1S/C6H5I2PS/c7-9(8,10)6-4-2-1-3-5-6/h1-5H. The molecule has 0 radical (unpaired) electrons. The lowest BCUT2D eigenvalue weighted by molar-refractivity contribution is 1.78. The maximum atomic E-state index is 5.34. The average molecular weight is 394 g/mol. The third-order valence-corrected chi connectivity index (χ3v) is 5.93. The van der Waals surface area contributed by atoms with Crippen molar-refractivity contribution in [2.75, 3.05) is 0 Å². The molecule has 1 aromatic rings. The van der Waals surface area contributed by atoms with Gasteiger partial charge in [-0.05, 0) is 44.1 Å². The van der Waals surface area contributed by atoms with Gasteiger partial charge in [0.1, 0.15) is 0 Å². The van der Waals surface area contributed by atoms with Crippen LogP contribution in [-0.4, -0.2) is 0 Å². The van der Waals surface area contributed by atoms with Crippen LogP contribution in [0.1, 0.15) is 0 Å². The molecule has 0 aliphatic carbocycles. The van der Waals surface area contributed by atoms with E-state index in [9.17, 15) is 0 Å². The van der Waals surface area contributed by atoms with Gasteiger partial charge in [-0.15, -0.1) is 0 Å². The summed E-state index contributed by atoms with van der Waals surface area (Å²) in [5.74, 6) is 0. The molecule has 0 aromatic heterocycles. The van der Waals surface area contributed by atoms with Gasteiger partial charge >= 0.3 is 0 Å². The van der Waals surface area contributed by atoms with Gasteiger partial charge < -0.3 is 0 Å². The van der Waals surface area contributed by atoms with E-state index in [-0.39, 0.29) is 0 Å². The van der Waals surface area contributed by atoms with Crippen molar-refractivity contribution < 1.29 is 0 Å². The van der Waals surface area contributed by atoms with Crippen LogP contribution in [0.25, 0.3) is 0 Å². The zero-order valence-electron chi connectivity index (χ0n) is 5.00. The van der Waals surface area contributed by atoms with E-state index in [2.05, 4.69) is 56.2 Å². The van der Waals surface area contributed by atoms with Crippen LogP contribution < -0.4 is 5.30 Å². The molecule has 0 fully saturated rings. The Morgan fingerprint density at radius 2 is 1.60 bits per heavy atom. The Balaban J connectivity index is 3.09. The van der Waals surface area contributed by atoms with Crippen molar-refractivity contribution in [3.8, 4) is 0 Å². The van der Waals surface area contributed by atoms with E-state index < -0.39 is 1.32 Å². The van der Waals surface area contributed by atoms with Crippen molar-refractivity contribution in [3.05, 3.63) is 30.3 Å². The third-order valence-electron chi connectivity index (χ3n) is 1.06. The molecular formula is C6H5I2PS. The summed E-state index contributed by atoms with van der Waals surface area (Å²) in [7, 11) is 0. The van der Waals surface area contributed by atoms with Gasteiger partial charge in [-0.2, -0.15) is 0 Å². The third kappa shape index (κ3) is 2.75. The monoisotopic (exact) mass is 394 g/mol. The fraction of sp³-hybridized carbons (Fsp3) is 0. The summed E-state index contributed by atoms with van der Waals surface area (Å²) in [6.07, 6.45) is 0. The second kappa shape index (κ2) is 3.83. The summed E-state index contributed by atoms with van der Waals surface area (Å²) < 4.78 is -1.24. The van der Waals surface area contributed by atoms with Crippen molar-refractivity contribution in [3.63, 3.8) is 0 Å². The van der Waals surface area contributed by atoms with Gasteiger partial charge in [-0.3, -0.25) is 0 Å². The van der Waals surface area contributed by atoms with E-state index in [1.54, 1.807) is 0 Å². The molecule has 1 aromatic carbocycles. The fourth-order valence-corrected chi connectivity index (χ4v) is 3.42. The van der Waals surface area contributed by atoms with Crippen LogP contribution in [-0.2, 0) is 11.8 Å². The molecule has 1 rings (SSSR count). The van der Waals surface area contributed by atoms with Gasteiger partial charge in [-0.1, -0.05) is 42.1 Å². The van der Waals surface area contributed by atoms with Gasteiger partial charge in [0.2, 0.25) is 0 Å². The lowest BCUT2D eigenvalue weighted by atomic mass is 10.4. The molecule has 0 aliphatic heterocycles. The minimum Gasteiger partial charge on any atom is -0.0702 e. The highest BCUT2D eigenvalue weighted by atomic mass is 127. The van der Waals surface area contributed by atoms with Crippen molar-refractivity contribution in [2.24, 2.45) is 0 Å². The maximum absolute atomic E-state index is 5.34. The number of hydrogen-bond acceptors (Lipinski definition) is 1. The lowest BCUT2D eigenvalue weighted by Gasteiger charge is -2.03. The summed E-state index contributed by atoms with van der Waals surface area (Å²) in [4.78, 5) is 0. The smallest absolute Gasteiger partial charge is 0.0702 e. The fourth-order valence-electron chi connectivity index (χ4n) is 0.602. The number of benzene rings is 1. The van der Waals surface area contributed by atoms with Gasteiger partial charge in [-0.25, -0.2) is 0 Å². The second-order valence-electron chi connectivity index (χ2n) is 1.80. The van der Waals surface area contributed by atoms with E-state index in [0.29, 0.717) is 0 Å². The topological polar surface area (TPSA) is 0 Å². The van der Waals surface area contributed by atoms with Crippen LogP contribution in [0.2, 0.25) is 0 Å². The van der Waals surface area contributed by atoms with Crippen LogP contribution in [0.3, 0.4) is 0 Å². The van der Waals surface area contributed by atoms with Crippen LogP contribution >= 0.6 is 45.4 Å². The summed E-state index contributed by atoms with van der Waals surface area (Å²) in [5, 5.41) is 1.30. The molecule has 0 spiro atoms. The summed E-state index contributed by atoms with van der Waals surface area (Å²) in [5.41, 5.74) is 0. The molecule has 0 heterocycles. The molecule has 0 nitrogen and oxygen atoms in total. The molecule has 0 bridgehead atoms. The van der Waals surface area contributed by atoms with Crippen LogP contribution in [0.15, 0.2) is 30.3 Å². The van der Waals surface area contributed by atoms with Gasteiger partial charge in [0.05, 0.1) is 1.32 Å². The second-order valence-corrected chi connectivity index (χ2v) is 23.0. The first kappa shape index (κ1) is 9.42. The largest absolute Gasteiger partial charge is 0.0953 e. The van der Waals surface area contributed by atoms with E-state index in [1.807, 2.05) is 18.2 Å². The van der Waals surface area contributed by atoms with Crippen LogP contribution in [0, 0.1) is 0 Å². The minimum atomic E-state index is -1.24. The quantitative estimate of drug-likeness (QED) is 0.520. The predicted octanol–water partition coefficient (Wildman–Crippen LogP) is 3.49. The van der Waals surface area contributed by atoms with Gasteiger partial charge in [0, 0.05) is 5.30 Å². The SMILES string of the molecule is S=P(I)(I)c1ccccc1. The Bertz CT molecular complexity index is 254. The summed E-state index contributed by atoms with van der Waals surface area (Å²) in [6.45, 7) is 0. The first-order valence-electron chi connectivity index (χ1n) is 2.65. The van der Waals surface area contributed by atoms with Crippen LogP contribution in [0.5, 0.6) is 0 Å². The first-order valence-corrected chi connectivity index (χ1v) is 11.0. The Morgan fingerprint density at radius 3 is 1.90 bits per heavy atom. The summed E-state index contributed by atoms with van der Waals surface area (Å²) in [6, 6.07) is 10.3. The normalized spacial score (nSPS) is 11.4. The minimum absolute atomic E-state index is 1.24. The summed E-state index contributed by atoms with van der Waals surface area (Å²) >= 11 is 10.0. The zero-order chi connectivity index (χ0) is 7.61. The van der Waals surface area contributed by atoms with Gasteiger partial charge in [0.15, 0.2) is 0 Å². The number of hydrogen-bond donors (Lipinski definition) is 0. The number of halogens is 2. The van der Waals surface area contributed by atoms with Crippen molar-refractivity contribution >= 4 is 62.5 Å². The maximum Gasteiger partial charge on any atom is 0.0953 e.